The average molecular weight is 222 g/mol. The fourth-order valence-corrected chi connectivity index (χ4v) is 1.31. The van der Waals surface area contributed by atoms with Crippen LogP contribution in [0.1, 0.15) is 12.5 Å². The SMILES string of the molecule is CCOc1cccc(C=CC(=O)O)c1OC. The molecule has 0 radical (unpaired) electrons. The minimum absolute atomic E-state index is 0.530. The molecular weight excluding hydrogens is 208 g/mol. The Hall–Kier alpha value is -1.97. The molecule has 0 aliphatic carbocycles. The molecule has 1 rings (SSSR count). The van der Waals surface area contributed by atoms with Crippen LogP contribution >= 0.6 is 0 Å². The second-order valence-corrected chi connectivity index (χ2v) is 2.98. The van der Waals surface area contributed by atoms with Crippen LogP contribution in [0.25, 0.3) is 6.08 Å². The first-order valence-electron chi connectivity index (χ1n) is 4.89. The number of carbonyl (C=O) groups is 1. The standard InChI is InChI=1S/C12H14O4/c1-3-16-10-6-4-5-9(12(10)15-2)7-8-11(13)14/h4-8H,3H2,1-2H3,(H,13,14). The van der Waals surface area contributed by atoms with Gasteiger partial charge in [-0.05, 0) is 19.1 Å². The number of para-hydroxylation sites is 1. The van der Waals surface area contributed by atoms with Gasteiger partial charge in [0.2, 0.25) is 0 Å². The number of methoxy groups -OCH3 is 1. The van der Waals surface area contributed by atoms with Gasteiger partial charge in [-0.2, -0.15) is 0 Å². The van der Waals surface area contributed by atoms with E-state index >= 15 is 0 Å². The van der Waals surface area contributed by atoms with Gasteiger partial charge in [-0.1, -0.05) is 12.1 Å². The molecule has 16 heavy (non-hydrogen) atoms. The first kappa shape index (κ1) is 12.1. The first-order chi connectivity index (χ1) is 7.69. The summed E-state index contributed by atoms with van der Waals surface area (Å²) in [5, 5.41) is 8.55. The van der Waals surface area contributed by atoms with Crippen LogP contribution in [0, 0.1) is 0 Å². The summed E-state index contributed by atoms with van der Waals surface area (Å²) in [4.78, 5) is 10.4. The lowest BCUT2D eigenvalue weighted by molar-refractivity contribution is -0.131. The van der Waals surface area contributed by atoms with E-state index in [-0.39, 0.29) is 0 Å². The van der Waals surface area contributed by atoms with E-state index in [1.807, 2.05) is 6.92 Å². The van der Waals surface area contributed by atoms with Crippen molar-refractivity contribution in [1.29, 1.82) is 0 Å². The fraction of sp³-hybridized carbons (Fsp3) is 0.250. The molecule has 0 fully saturated rings. The Bertz CT molecular complexity index is 396. The zero-order chi connectivity index (χ0) is 12.0. The zero-order valence-electron chi connectivity index (χ0n) is 9.27. The number of ether oxygens (including phenoxy) is 2. The molecule has 0 aliphatic heterocycles. The van der Waals surface area contributed by atoms with Crippen LogP contribution in [0.5, 0.6) is 11.5 Å². The quantitative estimate of drug-likeness (QED) is 0.776. The summed E-state index contributed by atoms with van der Waals surface area (Å²) in [6.07, 6.45) is 2.54. The maximum absolute atomic E-state index is 10.4. The molecule has 0 spiro atoms. The maximum atomic E-state index is 10.4. The molecule has 0 unspecified atom stereocenters. The Morgan fingerprint density at radius 2 is 2.25 bits per heavy atom. The highest BCUT2D eigenvalue weighted by Gasteiger charge is 2.07. The number of benzene rings is 1. The summed E-state index contributed by atoms with van der Waals surface area (Å²) < 4.78 is 10.6. The Morgan fingerprint density at radius 1 is 1.50 bits per heavy atom. The second-order valence-electron chi connectivity index (χ2n) is 2.98. The molecule has 1 aromatic rings. The van der Waals surface area contributed by atoms with Crippen LogP contribution < -0.4 is 9.47 Å². The van der Waals surface area contributed by atoms with Gasteiger partial charge >= 0.3 is 5.97 Å². The van der Waals surface area contributed by atoms with Gasteiger partial charge in [0, 0.05) is 11.6 Å². The minimum atomic E-state index is -0.996. The molecule has 1 aromatic carbocycles. The molecule has 0 amide bonds. The van der Waals surface area contributed by atoms with Crippen LogP contribution in [0.3, 0.4) is 0 Å². The summed E-state index contributed by atoms with van der Waals surface area (Å²) in [5.41, 5.74) is 0.677. The van der Waals surface area contributed by atoms with Gasteiger partial charge in [-0.25, -0.2) is 4.79 Å². The predicted molar refractivity (Wildman–Crippen MR) is 60.8 cm³/mol. The second kappa shape index (κ2) is 5.80. The molecule has 4 nitrogen and oxygen atoms in total. The normalized spacial score (nSPS) is 10.4. The summed E-state index contributed by atoms with van der Waals surface area (Å²) in [6, 6.07) is 5.33. The minimum Gasteiger partial charge on any atom is -0.492 e. The van der Waals surface area contributed by atoms with E-state index in [0.717, 1.165) is 6.08 Å². The average Bonchev–Trinajstić information content (AvgIpc) is 2.27. The van der Waals surface area contributed by atoms with Gasteiger partial charge < -0.3 is 14.6 Å². The van der Waals surface area contributed by atoms with Crippen LogP contribution in [-0.2, 0) is 4.79 Å². The molecule has 0 heterocycles. The third-order valence-corrected chi connectivity index (χ3v) is 1.92. The monoisotopic (exact) mass is 222 g/mol. The van der Waals surface area contributed by atoms with Crippen LogP contribution in [-0.4, -0.2) is 24.8 Å². The van der Waals surface area contributed by atoms with E-state index in [0.29, 0.717) is 23.7 Å². The Kier molecular flexibility index (Phi) is 4.39. The Morgan fingerprint density at radius 3 is 2.81 bits per heavy atom. The van der Waals surface area contributed by atoms with E-state index < -0.39 is 5.97 Å². The molecule has 86 valence electrons. The molecule has 0 atom stereocenters. The van der Waals surface area contributed by atoms with Crippen molar-refractivity contribution in [3.8, 4) is 11.5 Å². The summed E-state index contributed by atoms with van der Waals surface area (Å²) in [6.45, 7) is 2.40. The van der Waals surface area contributed by atoms with Gasteiger partial charge in [0.1, 0.15) is 0 Å². The molecule has 0 bridgehead atoms. The number of hydrogen-bond donors (Lipinski definition) is 1. The number of rotatable bonds is 5. The number of carboxylic acid groups (broad SMARTS) is 1. The van der Waals surface area contributed by atoms with Gasteiger partial charge in [0.15, 0.2) is 11.5 Å². The maximum Gasteiger partial charge on any atom is 0.328 e. The lowest BCUT2D eigenvalue weighted by atomic mass is 10.1. The third kappa shape index (κ3) is 3.02. The van der Waals surface area contributed by atoms with Gasteiger partial charge in [0.25, 0.3) is 0 Å². The van der Waals surface area contributed by atoms with Crippen molar-refractivity contribution < 1.29 is 19.4 Å². The van der Waals surface area contributed by atoms with E-state index in [4.69, 9.17) is 14.6 Å². The molecule has 4 heteroatoms. The van der Waals surface area contributed by atoms with E-state index in [2.05, 4.69) is 0 Å². The summed E-state index contributed by atoms with van der Waals surface area (Å²) in [5.74, 6) is 0.156. The summed E-state index contributed by atoms with van der Waals surface area (Å²) in [7, 11) is 1.52. The van der Waals surface area contributed by atoms with E-state index in [9.17, 15) is 4.79 Å². The van der Waals surface area contributed by atoms with Crippen LogP contribution in [0.15, 0.2) is 24.3 Å². The number of aliphatic carboxylic acids is 1. The van der Waals surface area contributed by atoms with Gasteiger partial charge in [0.05, 0.1) is 13.7 Å². The van der Waals surface area contributed by atoms with Crippen molar-refractivity contribution in [2.45, 2.75) is 6.92 Å². The van der Waals surface area contributed by atoms with Crippen molar-refractivity contribution >= 4 is 12.0 Å². The topological polar surface area (TPSA) is 55.8 Å². The van der Waals surface area contributed by atoms with Crippen LogP contribution in [0.2, 0.25) is 0 Å². The number of carboxylic acids is 1. The zero-order valence-corrected chi connectivity index (χ0v) is 9.27. The first-order valence-corrected chi connectivity index (χ1v) is 4.89. The highest BCUT2D eigenvalue weighted by Crippen LogP contribution is 2.31. The van der Waals surface area contributed by atoms with Crippen molar-refractivity contribution in [2.75, 3.05) is 13.7 Å². The largest absolute Gasteiger partial charge is 0.492 e. The highest BCUT2D eigenvalue weighted by atomic mass is 16.5. The van der Waals surface area contributed by atoms with Crippen molar-refractivity contribution in [1.82, 2.24) is 0 Å². The lowest BCUT2D eigenvalue weighted by Crippen LogP contribution is -1.97. The Balaban J connectivity index is 3.08. The lowest BCUT2D eigenvalue weighted by Gasteiger charge is -2.11. The van der Waals surface area contributed by atoms with Crippen molar-refractivity contribution in [2.24, 2.45) is 0 Å². The Labute approximate surface area is 94.1 Å². The van der Waals surface area contributed by atoms with Crippen molar-refractivity contribution in [3.63, 3.8) is 0 Å². The molecule has 1 N–H and O–H groups in total. The molecule has 0 saturated carbocycles. The predicted octanol–water partition coefficient (Wildman–Crippen LogP) is 2.19. The molecule has 0 aromatic heterocycles. The molecule has 0 aliphatic rings. The van der Waals surface area contributed by atoms with Gasteiger partial charge in [-0.15, -0.1) is 0 Å². The molecule has 0 saturated heterocycles. The molecular formula is C12H14O4. The number of hydrogen-bond acceptors (Lipinski definition) is 3. The van der Waals surface area contributed by atoms with Crippen molar-refractivity contribution in [3.05, 3.63) is 29.8 Å². The fourth-order valence-electron chi connectivity index (χ4n) is 1.31. The smallest absolute Gasteiger partial charge is 0.328 e. The third-order valence-electron chi connectivity index (χ3n) is 1.92. The van der Waals surface area contributed by atoms with Crippen LogP contribution in [0.4, 0.5) is 0 Å². The van der Waals surface area contributed by atoms with E-state index in [1.165, 1.54) is 13.2 Å². The van der Waals surface area contributed by atoms with E-state index in [1.54, 1.807) is 18.2 Å². The highest BCUT2D eigenvalue weighted by molar-refractivity contribution is 5.86. The van der Waals surface area contributed by atoms with Gasteiger partial charge in [-0.3, -0.25) is 0 Å². The summed E-state index contributed by atoms with van der Waals surface area (Å²) >= 11 is 0.